The molecule has 0 amide bonds. The number of rotatable bonds is 1. The van der Waals surface area contributed by atoms with Crippen molar-refractivity contribution in [3.63, 3.8) is 0 Å². The summed E-state index contributed by atoms with van der Waals surface area (Å²) >= 11 is 2.76. The highest BCUT2D eigenvalue weighted by atomic mass is 79.9. The van der Waals surface area contributed by atoms with Crippen molar-refractivity contribution < 1.29 is 21.6 Å². The van der Waals surface area contributed by atoms with Gasteiger partial charge in [-0.3, -0.25) is 0 Å². The smallest absolute Gasteiger partial charge is 0.228 e. The molecule has 0 saturated heterocycles. The third kappa shape index (κ3) is 2.83. The summed E-state index contributed by atoms with van der Waals surface area (Å²) in [6, 6.07) is 0. The second-order valence-corrected chi connectivity index (χ2v) is 5.96. The minimum Gasteiger partial charge on any atom is -0.228 e. The molecule has 0 radical (unpaired) electrons. The molecule has 0 aliphatic rings. The van der Waals surface area contributed by atoms with Gasteiger partial charge in [-0.1, -0.05) is 0 Å². The van der Waals surface area contributed by atoms with Crippen LogP contribution in [0.25, 0.3) is 0 Å². The normalized spacial score (nSPS) is 12.9. The van der Waals surface area contributed by atoms with E-state index >= 15 is 0 Å². The van der Waals surface area contributed by atoms with Gasteiger partial charge in [0.25, 0.3) is 9.05 Å². The zero-order valence-electron chi connectivity index (χ0n) is 7.51. The number of hydrogen-bond donors (Lipinski definition) is 0. The lowest BCUT2D eigenvalue weighted by Gasteiger charge is -2.08. The first-order chi connectivity index (χ1) is 7.03. The largest absolute Gasteiger partial charge is 0.451 e. The Morgan fingerprint density at radius 1 is 1.31 bits per heavy atom. The molecule has 1 heterocycles. The van der Waals surface area contributed by atoms with Gasteiger partial charge in [0.15, 0.2) is 5.03 Å². The topological polar surface area (TPSA) is 59.9 Å². The maximum absolute atomic E-state index is 12.3. The number of aromatic nitrogens is 2. The first kappa shape index (κ1) is 13.7. The Morgan fingerprint density at radius 3 is 2.19 bits per heavy atom. The van der Waals surface area contributed by atoms with Gasteiger partial charge in [0.05, 0.1) is 10.2 Å². The van der Waals surface area contributed by atoms with Crippen LogP contribution >= 0.6 is 26.6 Å². The molecule has 0 atom stereocenters. The van der Waals surface area contributed by atoms with Gasteiger partial charge in [-0.25, -0.2) is 18.4 Å². The Hall–Kier alpha value is -0.410. The highest BCUT2D eigenvalue weighted by molar-refractivity contribution is 9.10. The number of aryl methyl sites for hydroxylation is 1. The predicted octanol–water partition coefficient (Wildman–Crippen LogP) is 2.49. The van der Waals surface area contributed by atoms with Crippen molar-refractivity contribution in [3.8, 4) is 0 Å². The molecule has 0 spiro atoms. The van der Waals surface area contributed by atoms with Crippen molar-refractivity contribution in [2.45, 2.75) is 18.1 Å². The predicted molar refractivity (Wildman–Crippen MR) is 52.5 cm³/mol. The highest BCUT2D eigenvalue weighted by Crippen LogP contribution is 2.31. The lowest BCUT2D eigenvalue weighted by atomic mass is 10.4. The second-order valence-electron chi connectivity index (χ2n) is 2.69. The molecule has 0 aromatic carbocycles. The summed E-state index contributed by atoms with van der Waals surface area (Å²) in [6.07, 6.45) is -4.83. The minimum absolute atomic E-state index is 0.165. The maximum Gasteiger partial charge on any atom is 0.451 e. The molecule has 10 heteroatoms. The van der Waals surface area contributed by atoms with Crippen LogP contribution in [-0.4, -0.2) is 18.4 Å². The van der Waals surface area contributed by atoms with E-state index in [2.05, 4.69) is 25.9 Å². The van der Waals surface area contributed by atoms with Crippen LogP contribution in [0.2, 0.25) is 0 Å². The van der Waals surface area contributed by atoms with Crippen molar-refractivity contribution in [2.24, 2.45) is 0 Å². The maximum atomic E-state index is 12.3. The average molecular weight is 340 g/mol. The third-order valence-electron chi connectivity index (χ3n) is 1.47. The van der Waals surface area contributed by atoms with Crippen molar-refractivity contribution in [1.82, 2.24) is 9.97 Å². The molecule has 4 nitrogen and oxygen atoms in total. The number of alkyl halides is 3. The van der Waals surface area contributed by atoms with Gasteiger partial charge < -0.3 is 0 Å². The van der Waals surface area contributed by atoms with E-state index in [1.54, 1.807) is 0 Å². The third-order valence-corrected chi connectivity index (χ3v) is 3.88. The van der Waals surface area contributed by atoms with Gasteiger partial charge >= 0.3 is 6.18 Å². The Balaban J connectivity index is 3.59. The van der Waals surface area contributed by atoms with E-state index in [1.165, 1.54) is 6.92 Å². The van der Waals surface area contributed by atoms with Gasteiger partial charge in [0.2, 0.25) is 5.82 Å². The molecule has 1 rings (SSSR count). The molecule has 0 N–H and O–H groups in total. The minimum atomic E-state index is -4.83. The number of halogens is 5. The zero-order valence-corrected chi connectivity index (χ0v) is 10.7. The zero-order chi connectivity index (χ0) is 12.7. The second kappa shape index (κ2) is 4.11. The lowest BCUT2D eigenvalue weighted by molar-refractivity contribution is -0.145. The fourth-order valence-electron chi connectivity index (χ4n) is 0.821. The summed E-state index contributed by atoms with van der Waals surface area (Å²) in [6.45, 7) is 1.20. The van der Waals surface area contributed by atoms with E-state index in [9.17, 15) is 21.6 Å². The first-order valence-corrected chi connectivity index (χ1v) is 6.69. The van der Waals surface area contributed by atoms with Crippen molar-refractivity contribution in [1.29, 1.82) is 0 Å². The van der Waals surface area contributed by atoms with Crippen LogP contribution in [0.15, 0.2) is 9.50 Å². The summed E-state index contributed by atoms with van der Waals surface area (Å²) in [4.78, 5) is 5.98. The molecule has 0 fully saturated rings. The van der Waals surface area contributed by atoms with Crippen LogP contribution in [0.5, 0.6) is 0 Å². The fourth-order valence-corrected chi connectivity index (χ4v) is 2.81. The summed E-state index contributed by atoms with van der Waals surface area (Å²) in [7, 11) is 0.578. The Labute approximate surface area is 101 Å². The quantitative estimate of drug-likeness (QED) is 0.582. The highest BCUT2D eigenvalue weighted by Gasteiger charge is 2.37. The van der Waals surface area contributed by atoms with Crippen LogP contribution in [0, 0.1) is 6.92 Å². The average Bonchev–Trinajstić information content (AvgIpc) is 2.05. The van der Waals surface area contributed by atoms with Crippen LogP contribution in [-0.2, 0) is 15.2 Å². The van der Waals surface area contributed by atoms with E-state index in [-0.39, 0.29) is 10.2 Å². The Morgan fingerprint density at radius 2 is 1.81 bits per heavy atom. The molecular weight excluding hydrogens is 336 g/mol. The monoisotopic (exact) mass is 338 g/mol. The molecule has 1 aromatic heterocycles. The Kier molecular flexibility index (Phi) is 3.51. The van der Waals surface area contributed by atoms with Crippen LogP contribution < -0.4 is 0 Å². The van der Waals surface area contributed by atoms with E-state index in [1.807, 2.05) is 0 Å². The van der Waals surface area contributed by atoms with Crippen LogP contribution in [0.1, 0.15) is 11.5 Å². The molecular formula is C6H3BrClF3N2O2S. The SMILES string of the molecule is Cc1nc(C(F)(F)F)nc(S(=O)(=O)Cl)c1Br. The van der Waals surface area contributed by atoms with Gasteiger partial charge in [-0.15, -0.1) is 0 Å². The van der Waals surface area contributed by atoms with Crippen LogP contribution in [0.3, 0.4) is 0 Å². The first-order valence-electron chi connectivity index (χ1n) is 3.59. The molecule has 1 aromatic rings. The van der Waals surface area contributed by atoms with Crippen molar-refractivity contribution in [3.05, 3.63) is 16.0 Å². The van der Waals surface area contributed by atoms with E-state index < -0.39 is 26.1 Å². The van der Waals surface area contributed by atoms with Crippen molar-refractivity contribution in [2.75, 3.05) is 0 Å². The molecule has 0 unspecified atom stereocenters. The lowest BCUT2D eigenvalue weighted by Crippen LogP contribution is -2.15. The molecule has 0 bridgehead atoms. The molecule has 0 saturated carbocycles. The molecule has 0 aliphatic heterocycles. The van der Waals surface area contributed by atoms with E-state index in [0.29, 0.717) is 0 Å². The van der Waals surface area contributed by atoms with Gasteiger partial charge in [0, 0.05) is 10.7 Å². The van der Waals surface area contributed by atoms with Gasteiger partial charge in [-0.05, 0) is 22.9 Å². The van der Waals surface area contributed by atoms with Crippen LogP contribution in [0.4, 0.5) is 13.2 Å². The Bertz CT molecular complexity index is 531. The van der Waals surface area contributed by atoms with Crippen molar-refractivity contribution >= 4 is 35.7 Å². The van der Waals surface area contributed by atoms with E-state index in [0.717, 1.165) is 0 Å². The fraction of sp³-hybridized carbons (Fsp3) is 0.333. The molecule has 90 valence electrons. The molecule has 0 aliphatic carbocycles. The summed E-state index contributed by atoms with van der Waals surface area (Å²) in [5.41, 5.74) is -0.165. The standard InChI is InChI=1S/C6H3BrClF3N2O2S/c1-2-3(7)4(16(8,14)15)13-5(12-2)6(9,10)11/h1H3. The summed E-state index contributed by atoms with van der Waals surface area (Å²) < 4.78 is 58.6. The summed E-state index contributed by atoms with van der Waals surface area (Å²) in [5.74, 6) is -1.55. The van der Waals surface area contributed by atoms with Gasteiger partial charge in [0.1, 0.15) is 0 Å². The van der Waals surface area contributed by atoms with Gasteiger partial charge in [-0.2, -0.15) is 13.2 Å². The summed E-state index contributed by atoms with van der Waals surface area (Å²) in [5, 5.41) is -0.894. The van der Waals surface area contributed by atoms with E-state index in [4.69, 9.17) is 10.7 Å². The number of hydrogen-bond acceptors (Lipinski definition) is 4. The number of nitrogens with zero attached hydrogens (tertiary/aromatic N) is 2. The molecule has 16 heavy (non-hydrogen) atoms.